The predicted molar refractivity (Wildman–Crippen MR) is 57.0 cm³/mol. The number of rotatable bonds is 4. The minimum atomic E-state index is -4.72. The van der Waals surface area contributed by atoms with Crippen LogP contribution in [0.2, 0.25) is 0 Å². The standard InChI is InChI=1S/C12H14F3O2/c1-8(2)3-9-4-10(7-16)6-11(5-9)17-12(13,14)15/h4-8,16H,3H2,1-2H3. The second-order valence-electron chi connectivity index (χ2n) is 4.19. The molecule has 0 aliphatic heterocycles. The summed E-state index contributed by atoms with van der Waals surface area (Å²) in [6, 6.07) is 4.10. The van der Waals surface area contributed by atoms with E-state index in [1.165, 1.54) is 6.07 Å². The van der Waals surface area contributed by atoms with Crippen molar-refractivity contribution < 1.29 is 23.0 Å². The Bertz CT molecular complexity index is 373. The van der Waals surface area contributed by atoms with Crippen LogP contribution in [0.4, 0.5) is 13.2 Å². The average molecular weight is 247 g/mol. The molecule has 1 aromatic carbocycles. The summed E-state index contributed by atoms with van der Waals surface area (Å²) in [5, 5.41) is 8.86. The molecule has 0 unspecified atom stereocenters. The SMILES string of the molecule is CC(C)Cc1cc([CH]O)cc(OC(F)(F)F)c1. The Balaban J connectivity index is 2.97. The smallest absolute Gasteiger partial charge is 0.406 e. The Morgan fingerprint density at radius 2 is 1.94 bits per heavy atom. The van der Waals surface area contributed by atoms with Crippen molar-refractivity contribution in [1.29, 1.82) is 0 Å². The quantitative estimate of drug-likeness (QED) is 0.879. The number of hydrogen-bond acceptors (Lipinski definition) is 2. The van der Waals surface area contributed by atoms with Gasteiger partial charge in [0, 0.05) is 0 Å². The highest BCUT2D eigenvalue weighted by Gasteiger charge is 2.31. The molecule has 0 heterocycles. The van der Waals surface area contributed by atoms with Gasteiger partial charge in [-0.2, -0.15) is 0 Å². The first-order valence-corrected chi connectivity index (χ1v) is 5.17. The van der Waals surface area contributed by atoms with Gasteiger partial charge >= 0.3 is 6.36 Å². The van der Waals surface area contributed by atoms with Crippen LogP contribution in [0.1, 0.15) is 25.0 Å². The summed E-state index contributed by atoms with van der Waals surface area (Å²) in [5.74, 6) is -0.00127. The summed E-state index contributed by atoms with van der Waals surface area (Å²) in [5.41, 5.74) is 0.990. The molecule has 17 heavy (non-hydrogen) atoms. The Morgan fingerprint density at radius 3 is 2.41 bits per heavy atom. The summed E-state index contributed by atoms with van der Waals surface area (Å²) >= 11 is 0. The third-order valence-corrected chi connectivity index (χ3v) is 2.02. The highest BCUT2D eigenvalue weighted by molar-refractivity contribution is 5.37. The average Bonchev–Trinajstić information content (AvgIpc) is 2.13. The molecule has 5 heteroatoms. The van der Waals surface area contributed by atoms with Gasteiger partial charge in [-0.1, -0.05) is 19.9 Å². The van der Waals surface area contributed by atoms with Crippen LogP contribution in [0.25, 0.3) is 0 Å². The van der Waals surface area contributed by atoms with Crippen molar-refractivity contribution in [1.82, 2.24) is 0 Å². The van der Waals surface area contributed by atoms with Crippen LogP contribution in [-0.2, 0) is 6.42 Å². The van der Waals surface area contributed by atoms with Crippen molar-refractivity contribution >= 4 is 0 Å². The van der Waals surface area contributed by atoms with Gasteiger partial charge in [0.05, 0.1) is 0 Å². The Morgan fingerprint density at radius 1 is 1.29 bits per heavy atom. The highest BCUT2D eigenvalue weighted by Crippen LogP contribution is 2.26. The molecule has 0 aliphatic carbocycles. The fourth-order valence-electron chi connectivity index (χ4n) is 1.54. The zero-order valence-electron chi connectivity index (χ0n) is 9.58. The first-order chi connectivity index (χ1) is 7.80. The zero-order chi connectivity index (χ0) is 13.1. The van der Waals surface area contributed by atoms with Crippen molar-refractivity contribution in [2.24, 2.45) is 5.92 Å². The lowest BCUT2D eigenvalue weighted by Crippen LogP contribution is -2.17. The Hall–Kier alpha value is -1.23. The number of hydrogen-bond donors (Lipinski definition) is 1. The molecule has 0 saturated carbocycles. The van der Waals surface area contributed by atoms with E-state index in [1.54, 1.807) is 6.07 Å². The van der Waals surface area contributed by atoms with Gasteiger partial charge in [0.1, 0.15) is 12.4 Å². The second-order valence-corrected chi connectivity index (χ2v) is 4.19. The first kappa shape index (κ1) is 13.8. The summed E-state index contributed by atoms with van der Waals surface area (Å²) in [7, 11) is 0. The van der Waals surface area contributed by atoms with Gasteiger partial charge in [-0.25, -0.2) is 0 Å². The maximum absolute atomic E-state index is 12.1. The molecule has 0 fully saturated rings. The molecule has 2 nitrogen and oxygen atoms in total. The molecule has 0 bridgehead atoms. The molecule has 0 atom stereocenters. The van der Waals surface area contributed by atoms with Crippen LogP contribution in [0.3, 0.4) is 0 Å². The van der Waals surface area contributed by atoms with Crippen molar-refractivity contribution in [2.75, 3.05) is 0 Å². The van der Waals surface area contributed by atoms with Crippen LogP contribution < -0.4 is 4.74 Å². The van der Waals surface area contributed by atoms with Gasteiger partial charge < -0.3 is 9.84 Å². The fraction of sp³-hybridized carbons (Fsp3) is 0.417. The Kier molecular flexibility index (Phi) is 4.40. The van der Waals surface area contributed by atoms with Crippen molar-refractivity contribution in [3.05, 3.63) is 35.9 Å². The molecule has 0 saturated heterocycles. The molecular formula is C12H14F3O2. The second kappa shape index (κ2) is 5.40. The fourth-order valence-corrected chi connectivity index (χ4v) is 1.54. The van der Waals surface area contributed by atoms with Gasteiger partial charge in [-0.3, -0.25) is 0 Å². The van der Waals surface area contributed by atoms with Gasteiger partial charge in [0.25, 0.3) is 0 Å². The first-order valence-electron chi connectivity index (χ1n) is 5.17. The van der Waals surface area contributed by atoms with E-state index < -0.39 is 6.36 Å². The molecule has 0 amide bonds. The minimum absolute atomic E-state index is 0.294. The topological polar surface area (TPSA) is 29.5 Å². The summed E-state index contributed by atoms with van der Waals surface area (Å²) in [6.07, 6.45) is -4.10. The normalized spacial score (nSPS) is 11.9. The number of aliphatic hydroxyl groups excluding tert-OH is 1. The molecular weight excluding hydrogens is 233 g/mol. The number of alkyl halides is 3. The molecule has 1 rings (SSSR count). The van der Waals surface area contributed by atoms with E-state index >= 15 is 0 Å². The van der Waals surface area contributed by atoms with Gasteiger partial charge in [0.15, 0.2) is 0 Å². The van der Waals surface area contributed by atoms with Crippen LogP contribution in [0, 0.1) is 12.5 Å². The zero-order valence-corrected chi connectivity index (χ0v) is 9.58. The number of halogens is 3. The van der Waals surface area contributed by atoms with Crippen LogP contribution in [-0.4, -0.2) is 11.5 Å². The maximum atomic E-state index is 12.1. The molecule has 0 aromatic heterocycles. The van der Waals surface area contributed by atoms with Crippen molar-refractivity contribution in [3.8, 4) is 5.75 Å². The molecule has 1 radical (unpaired) electrons. The van der Waals surface area contributed by atoms with Gasteiger partial charge in [-0.15, -0.1) is 13.2 Å². The molecule has 1 aromatic rings. The third kappa shape index (κ3) is 5.08. The largest absolute Gasteiger partial charge is 0.573 e. The predicted octanol–water partition coefficient (Wildman–Crippen LogP) is 3.67. The lowest BCUT2D eigenvalue weighted by atomic mass is 10.0. The van der Waals surface area contributed by atoms with E-state index in [0.29, 0.717) is 23.5 Å². The maximum Gasteiger partial charge on any atom is 0.573 e. The summed E-state index contributed by atoms with van der Waals surface area (Å²) in [4.78, 5) is 0. The van der Waals surface area contributed by atoms with Crippen LogP contribution >= 0.6 is 0 Å². The third-order valence-electron chi connectivity index (χ3n) is 2.02. The van der Waals surface area contributed by atoms with Crippen LogP contribution in [0.5, 0.6) is 5.75 Å². The number of ether oxygens (including phenoxy) is 1. The van der Waals surface area contributed by atoms with Crippen molar-refractivity contribution in [3.63, 3.8) is 0 Å². The Labute approximate surface area is 98.0 Å². The van der Waals surface area contributed by atoms with Gasteiger partial charge in [-0.05, 0) is 35.6 Å². The highest BCUT2D eigenvalue weighted by atomic mass is 19.4. The molecule has 95 valence electrons. The lowest BCUT2D eigenvalue weighted by Gasteiger charge is -2.12. The molecule has 1 N–H and O–H groups in total. The number of aliphatic hydroxyl groups is 1. The van der Waals surface area contributed by atoms with E-state index in [9.17, 15) is 13.2 Å². The summed E-state index contributed by atoms with van der Waals surface area (Å²) in [6.45, 7) is 4.67. The van der Waals surface area contributed by atoms with Crippen LogP contribution in [0.15, 0.2) is 18.2 Å². The van der Waals surface area contributed by atoms with E-state index in [1.807, 2.05) is 13.8 Å². The van der Waals surface area contributed by atoms with Crippen molar-refractivity contribution in [2.45, 2.75) is 26.6 Å². The molecule has 0 spiro atoms. The van der Waals surface area contributed by atoms with Gasteiger partial charge in [0.2, 0.25) is 0 Å². The van der Waals surface area contributed by atoms with E-state index in [0.717, 1.165) is 12.7 Å². The molecule has 0 aliphatic rings. The lowest BCUT2D eigenvalue weighted by molar-refractivity contribution is -0.274. The minimum Gasteiger partial charge on any atom is -0.406 e. The van der Waals surface area contributed by atoms with E-state index in [2.05, 4.69) is 4.74 Å². The summed E-state index contributed by atoms with van der Waals surface area (Å²) < 4.78 is 40.1. The monoisotopic (exact) mass is 247 g/mol. The van der Waals surface area contributed by atoms with E-state index in [4.69, 9.17) is 5.11 Å². The number of benzene rings is 1. The van der Waals surface area contributed by atoms with E-state index in [-0.39, 0.29) is 5.75 Å².